The van der Waals surface area contributed by atoms with Crippen LogP contribution in [0.15, 0.2) is 48.7 Å². The standard InChI is InChI=1S/C26H29N3O/c1-4-5-12-30-21-10-9-20(18(3)14-21)8-7-19-15-23-22-11-6-17(2)13-24(22)29-26(27)25(23)28-16-19/h6,9-11,13-16H,4-5,7-8,12H2,1-3H3,(H2,27,29). The molecule has 0 atom stereocenters. The molecule has 4 rings (SSSR count). The van der Waals surface area contributed by atoms with Crippen LogP contribution in [-0.2, 0) is 12.8 Å². The molecule has 0 amide bonds. The second-order valence-electron chi connectivity index (χ2n) is 8.05. The summed E-state index contributed by atoms with van der Waals surface area (Å²) in [4.78, 5) is 9.17. The minimum absolute atomic E-state index is 0.490. The van der Waals surface area contributed by atoms with Crippen LogP contribution in [0.25, 0.3) is 21.8 Å². The first-order valence-electron chi connectivity index (χ1n) is 10.7. The van der Waals surface area contributed by atoms with Crippen molar-refractivity contribution in [3.8, 4) is 5.75 Å². The molecule has 0 aliphatic heterocycles. The van der Waals surface area contributed by atoms with Gasteiger partial charge in [-0.2, -0.15) is 0 Å². The Kier molecular flexibility index (Phi) is 5.84. The minimum atomic E-state index is 0.490. The summed E-state index contributed by atoms with van der Waals surface area (Å²) >= 11 is 0. The fraction of sp³-hybridized carbons (Fsp3) is 0.308. The molecule has 2 aromatic carbocycles. The first kappa shape index (κ1) is 20.1. The van der Waals surface area contributed by atoms with Crippen LogP contribution in [0.5, 0.6) is 5.75 Å². The highest BCUT2D eigenvalue weighted by molar-refractivity contribution is 6.08. The third kappa shape index (κ3) is 4.23. The van der Waals surface area contributed by atoms with Gasteiger partial charge in [0.25, 0.3) is 0 Å². The van der Waals surface area contributed by atoms with E-state index in [1.165, 1.54) is 22.3 Å². The number of hydrogen-bond acceptors (Lipinski definition) is 4. The van der Waals surface area contributed by atoms with Gasteiger partial charge in [-0.05, 0) is 79.6 Å². The van der Waals surface area contributed by atoms with Gasteiger partial charge in [0.1, 0.15) is 11.3 Å². The van der Waals surface area contributed by atoms with Crippen LogP contribution in [0.3, 0.4) is 0 Å². The van der Waals surface area contributed by atoms with Crippen LogP contribution in [0.2, 0.25) is 0 Å². The molecule has 154 valence electrons. The summed E-state index contributed by atoms with van der Waals surface area (Å²) in [7, 11) is 0. The molecule has 0 spiro atoms. The molecule has 2 N–H and O–H groups in total. The van der Waals surface area contributed by atoms with Crippen LogP contribution >= 0.6 is 0 Å². The van der Waals surface area contributed by atoms with Crippen molar-refractivity contribution in [1.82, 2.24) is 9.97 Å². The van der Waals surface area contributed by atoms with E-state index in [0.29, 0.717) is 5.82 Å². The lowest BCUT2D eigenvalue weighted by molar-refractivity contribution is 0.309. The summed E-state index contributed by atoms with van der Waals surface area (Å²) in [6.07, 6.45) is 6.05. The maximum absolute atomic E-state index is 6.18. The summed E-state index contributed by atoms with van der Waals surface area (Å²) in [5, 5.41) is 2.18. The van der Waals surface area contributed by atoms with Gasteiger partial charge in [-0.1, -0.05) is 31.5 Å². The topological polar surface area (TPSA) is 61.0 Å². The zero-order valence-electron chi connectivity index (χ0n) is 18.0. The number of fused-ring (bicyclic) bond motifs is 3. The van der Waals surface area contributed by atoms with E-state index in [4.69, 9.17) is 10.5 Å². The number of anilines is 1. The zero-order chi connectivity index (χ0) is 21.1. The molecule has 0 saturated carbocycles. The summed E-state index contributed by atoms with van der Waals surface area (Å²) < 4.78 is 5.83. The quantitative estimate of drug-likeness (QED) is 0.308. The third-order valence-corrected chi connectivity index (χ3v) is 5.63. The van der Waals surface area contributed by atoms with Crippen LogP contribution in [-0.4, -0.2) is 16.6 Å². The molecule has 4 aromatic rings. The highest BCUT2D eigenvalue weighted by Crippen LogP contribution is 2.28. The zero-order valence-corrected chi connectivity index (χ0v) is 18.0. The molecule has 0 fully saturated rings. The largest absolute Gasteiger partial charge is 0.494 e. The van der Waals surface area contributed by atoms with Gasteiger partial charge < -0.3 is 10.5 Å². The first-order chi connectivity index (χ1) is 14.5. The SMILES string of the molecule is CCCCOc1ccc(CCc2cnc3c(N)nc4cc(C)ccc4c3c2)c(C)c1. The van der Waals surface area contributed by atoms with Gasteiger partial charge >= 0.3 is 0 Å². The van der Waals surface area contributed by atoms with Gasteiger partial charge in [0, 0.05) is 17.0 Å². The van der Waals surface area contributed by atoms with E-state index in [0.717, 1.165) is 59.8 Å². The molecular formula is C26H29N3O. The third-order valence-electron chi connectivity index (χ3n) is 5.63. The van der Waals surface area contributed by atoms with Crippen LogP contribution in [0, 0.1) is 13.8 Å². The number of benzene rings is 2. The molecule has 2 heterocycles. The lowest BCUT2D eigenvalue weighted by Gasteiger charge is -2.11. The Hall–Kier alpha value is -3.14. The molecule has 0 unspecified atom stereocenters. The highest BCUT2D eigenvalue weighted by atomic mass is 16.5. The molecule has 0 aliphatic rings. The molecule has 4 heteroatoms. The fourth-order valence-corrected chi connectivity index (χ4v) is 3.85. The Morgan fingerprint density at radius 1 is 0.967 bits per heavy atom. The van der Waals surface area contributed by atoms with E-state index >= 15 is 0 Å². The van der Waals surface area contributed by atoms with E-state index in [-0.39, 0.29) is 0 Å². The van der Waals surface area contributed by atoms with Gasteiger partial charge in [-0.25, -0.2) is 4.98 Å². The molecule has 4 nitrogen and oxygen atoms in total. The monoisotopic (exact) mass is 399 g/mol. The average Bonchev–Trinajstić information content (AvgIpc) is 2.73. The molecule has 30 heavy (non-hydrogen) atoms. The van der Waals surface area contributed by atoms with Gasteiger partial charge in [-0.3, -0.25) is 4.98 Å². The number of hydrogen-bond donors (Lipinski definition) is 1. The first-order valence-corrected chi connectivity index (χ1v) is 10.7. The molecule has 0 saturated heterocycles. The maximum atomic E-state index is 6.18. The Morgan fingerprint density at radius 2 is 1.83 bits per heavy atom. The number of nitrogens with two attached hydrogens (primary N) is 1. The Labute approximate surface area is 178 Å². The van der Waals surface area contributed by atoms with Crippen molar-refractivity contribution in [2.45, 2.75) is 46.5 Å². The number of aromatic nitrogens is 2. The molecular weight excluding hydrogens is 370 g/mol. The molecule has 2 aromatic heterocycles. The van der Waals surface area contributed by atoms with Crippen LogP contribution < -0.4 is 10.5 Å². The second-order valence-corrected chi connectivity index (χ2v) is 8.05. The fourth-order valence-electron chi connectivity index (χ4n) is 3.85. The smallest absolute Gasteiger partial charge is 0.150 e. The number of ether oxygens (including phenoxy) is 1. The Balaban J connectivity index is 1.56. The lowest BCUT2D eigenvalue weighted by atomic mass is 9.99. The molecule has 0 bridgehead atoms. The number of unbranched alkanes of at least 4 members (excludes halogenated alkanes) is 1. The number of rotatable bonds is 7. The Morgan fingerprint density at radius 3 is 2.63 bits per heavy atom. The van der Waals surface area contributed by atoms with Crippen molar-refractivity contribution in [1.29, 1.82) is 0 Å². The van der Waals surface area contributed by atoms with Crippen molar-refractivity contribution in [2.24, 2.45) is 0 Å². The minimum Gasteiger partial charge on any atom is -0.494 e. The highest BCUT2D eigenvalue weighted by Gasteiger charge is 2.10. The average molecular weight is 400 g/mol. The summed E-state index contributed by atoms with van der Waals surface area (Å²) in [5.41, 5.74) is 12.9. The number of nitrogens with zero attached hydrogens (tertiary/aromatic N) is 2. The Bertz CT molecular complexity index is 1200. The normalized spacial score (nSPS) is 11.3. The van der Waals surface area contributed by atoms with E-state index in [1.54, 1.807) is 0 Å². The van der Waals surface area contributed by atoms with Crippen molar-refractivity contribution in [3.05, 3.63) is 70.9 Å². The predicted molar refractivity (Wildman–Crippen MR) is 125 cm³/mol. The predicted octanol–water partition coefficient (Wildman–Crippen LogP) is 5.95. The van der Waals surface area contributed by atoms with Gasteiger partial charge in [0.05, 0.1) is 12.1 Å². The van der Waals surface area contributed by atoms with E-state index in [9.17, 15) is 0 Å². The van der Waals surface area contributed by atoms with E-state index in [2.05, 4.69) is 73.2 Å². The maximum Gasteiger partial charge on any atom is 0.150 e. The summed E-state index contributed by atoms with van der Waals surface area (Å²) in [6.45, 7) is 7.18. The number of pyridine rings is 2. The van der Waals surface area contributed by atoms with Gasteiger partial charge in [-0.15, -0.1) is 0 Å². The van der Waals surface area contributed by atoms with Crippen LogP contribution in [0.1, 0.15) is 42.0 Å². The van der Waals surface area contributed by atoms with Crippen LogP contribution in [0.4, 0.5) is 5.82 Å². The van der Waals surface area contributed by atoms with Crippen molar-refractivity contribution in [3.63, 3.8) is 0 Å². The molecule has 0 radical (unpaired) electrons. The number of nitrogen functional groups attached to an aromatic ring is 1. The van der Waals surface area contributed by atoms with Gasteiger partial charge in [0.2, 0.25) is 0 Å². The van der Waals surface area contributed by atoms with Gasteiger partial charge in [0.15, 0.2) is 5.82 Å². The van der Waals surface area contributed by atoms with E-state index < -0.39 is 0 Å². The lowest BCUT2D eigenvalue weighted by Crippen LogP contribution is -2.00. The van der Waals surface area contributed by atoms with Crippen molar-refractivity contribution >= 4 is 27.6 Å². The summed E-state index contributed by atoms with van der Waals surface area (Å²) in [6, 6.07) is 14.9. The van der Waals surface area contributed by atoms with E-state index in [1.807, 2.05) is 6.20 Å². The molecule has 0 aliphatic carbocycles. The van der Waals surface area contributed by atoms with Crippen molar-refractivity contribution < 1.29 is 4.74 Å². The second kappa shape index (κ2) is 8.70. The number of aryl methyl sites for hydroxylation is 4. The van der Waals surface area contributed by atoms with Crippen molar-refractivity contribution in [2.75, 3.05) is 12.3 Å². The summed E-state index contributed by atoms with van der Waals surface area (Å²) in [5.74, 6) is 1.45.